The highest BCUT2D eigenvalue weighted by atomic mass is 35.5. The Balaban J connectivity index is 1.63. The minimum absolute atomic E-state index is 0.143. The SMILES string of the molecule is CCOc1cc([C@@H]2C(C(=O)OC)=C(C)NC3=C2C(=O)c2ccccc23)cc(Cl)c1OCc1ccccc1. The maximum atomic E-state index is 13.6. The zero-order chi connectivity index (χ0) is 26.1. The summed E-state index contributed by atoms with van der Waals surface area (Å²) in [6, 6.07) is 20.7. The Morgan fingerprint density at radius 3 is 2.41 bits per heavy atom. The van der Waals surface area contributed by atoms with E-state index in [0.29, 0.717) is 63.4 Å². The molecule has 0 saturated carbocycles. The number of ketones is 1. The lowest BCUT2D eigenvalue weighted by molar-refractivity contribution is -0.136. The van der Waals surface area contributed by atoms with Crippen molar-refractivity contribution in [1.29, 1.82) is 0 Å². The fourth-order valence-corrected chi connectivity index (χ4v) is 5.20. The number of carbonyl (C=O) groups excluding carboxylic acids is 2. The molecule has 188 valence electrons. The fourth-order valence-electron chi connectivity index (χ4n) is 4.93. The summed E-state index contributed by atoms with van der Waals surface area (Å²) >= 11 is 6.77. The second-order valence-electron chi connectivity index (χ2n) is 8.79. The van der Waals surface area contributed by atoms with Crippen molar-refractivity contribution in [2.45, 2.75) is 26.4 Å². The minimum Gasteiger partial charge on any atom is -0.490 e. The molecule has 1 N–H and O–H groups in total. The third kappa shape index (κ3) is 4.38. The van der Waals surface area contributed by atoms with E-state index in [2.05, 4.69) is 5.32 Å². The molecular formula is C30H26ClNO5. The standard InChI is InChI=1S/C30H26ClNO5/c1-4-36-23-15-19(14-22(31)29(23)37-16-18-10-6-5-7-11-18)25-24(30(34)35-3)17(2)32-27-20-12-8-9-13-21(20)28(33)26(25)27/h5-15,25,32H,4,16H2,1-3H3/t25-/m1/s1. The Bertz CT molecular complexity index is 1460. The third-order valence-electron chi connectivity index (χ3n) is 6.55. The number of rotatable bonds is 7. The molecule has 37 heavy (non-hydrogen) atoms. The number of hydrogen-bond acceptors (Lipinski definition) is 6. The van der Waals surface area contributed by atoms with E-state index in [1.165, 1.54) is 7.11 Å². The van der Waals surface area contributed by atoms with Crippen LogP contribution in [0.25, 0.3) is 5.70 Å². The summed E-state index contributed by atoms with van der Waals surface area (Å²) in [7, 11) is 1.33. The summed E-state index contributed by atoms with van der Waals surface area (Å²) in [5.74, 6) is -0.533. The van der Waals surface area contributed by atoms with Gasteiger partial charge in [0, 0.05) is 28.3 Å². The van der Waals surface area contributed by atoms with Gasteiger partial charge in [0.1, 0.15) is 6.61 Å². The number of benzene rings is 3. The lowest BCUT2D eigenvalue weighted by atomic mass is 9.79. The van der Waals surface area contributed by atoms with Crippen molar-refractivity contribution in [2.24, 2.45) is 0 Å². The van der Waals surface area contributed by atoms with E-state index in [4.69, 9.17) is 25.8 Å². The molecule has 0 radical (unpaired) electrons. The Morgan fingerprint density at radius 2 is 1.70 bits per heavy atom. The second-order valence-corrected chi connectivity index (χ2v) is 9.20. The summed E-state index contributed by atoms with van der Waals surface area (Å²) in [4.78, 5) is 26.6. The summed E-state index contributed by atoms with van der Waals surface area (Å²) < 4.78 is 17.1. The number of fused-ring (bicyclic) bond motifs is 2. The van der Waals surface area contributed by atoms with Gasteiger partial charge in [-0.2, -0.15) is 0 Å². The lowest BCUT2D eigenvalue weighted by Crippen LogP contribution is -2.29. The first-order valence-corrected chi connectivity index (χ1v) is 12.4. The third-order valence-corrected chi connectivity index (χ3v) is 6.83. The van der Waals surface area contributed by atoms with Crippen LogP contribution in [0.3, 0.4) is 0 Å². The second kappa shape index (κ2) is 10.1. The van der Waals surface area contributed by atoms with E-state index < -0.39 is 11.9 Å². The summed E-state index contributed by atoms with van der Waals surface area (Å²) in [6.07, 6.45) is 0. The Hall–Kier alpha value is -4.03. The van der Waals surface area contributed by atoms with Crippen LogP contribution < -0.4 is 14.8 Å². The molecule has 7 heteroatoms. The van der Waals surface area contributed by atoms with Crippen LogP contribution in [-0.4, -0.2) is 25.5 Å². The van der Waals surface area contributed by atoms with E-state index in [-0.39, 0.29) is 5.78 Å². The summed E-state index contributed by atoms with van der Waals surface area (Å²) in [6.45, 7) is 4.36. The van der Waals surface area contributed by atoms with Crippen LogP contribution >= 0.6 is 11.6 Å². The topological polar surface area (TPSA) is 73.9 Å². The number of dihydropyridines is 1. The molecule has 1 atom stereocenters. The highest BCUT2D eigenvalue weighted by Crippen LogP contribution is 2.49. The van der Waals surface area contributed by atoms with Gasteiger partial charge in [-0.3, -0.25) is 4.79 Å². The predicted octanol–water partition coefficient (Wildman–Crippen LogP) is 6.06. The fraction of sp³-hybridized carbons (Fsp3) is 0.200. The number of halogens is 1. The van der Waals surface area contributed by atoms with Crippen LogP contribution in [-0.2, 0) is 16.1 Å². The Kier molecular flexibility index (Phi) is 6.76. The van der Waals surface area contributed by atoms with Gasteiger partial charge in [0.05, 0.1) is 30.0 Å². The molecule has 3 aromatic carbocycles. The molecule has 0 bridgehead atoms. The lowest BCUT2D eigenvalue weighted by Gasteiger charge is -2.29. The molecule has 0 unspecified atom stereocenters. The Morgan fingerprint density at radius 1 is 1.00 bits per heavy atom. The van der Waals surface area contributed by atoms with Crippen molar-refractivity contribution in [3.8, 4) is 11.5 Å². The number of nitrogens with one attached hydrogen (secondary N) is 1. The van der Waals surface area contributed by atoms with E-state index in [9.17, 15) is 9.59 Å². The van der Waals surface area contributed by atoms with E-state index in [1.807, 2.05) is 55.5 Å². The van der Waals surface area contributed by atoms with E-state index in [0.717, 1.165) is 11.1 Å². The number of esters is 1. The maximum absolute atomic E-state index is 13.6. The first-order valence-electron chi connectivity index (χ1n) is 12.0. The Labute approximate surface area is 220 Å². The van der Waals surface area contributed by atoms with Crippen molar-refractivity contribution in [2.75, 3.05) is 13.7 Å². The summed E-state index contributed by atoms with van der Waals surface area (Å²) in [5, 5.41) is 3.60. The molecule has 3 aromatic rings. The molecule has 0 aromatic heterocycles. The van der Waals surface area contributed by atoms with Crippen molar-refractivity contribution in [3.05, 3.63) is 111 Å². The van der Waals surface area contributed by atoms with Crippen molar-refractivity contribution in [1.82, 2.24) is 5.32 Å². The van der Waals surface area contributed by atoms with Gasteiger partial charge < -0.3 is 19.5 Å². The molecule has 0 amide bonds. The molecule has 0 fully saturated rings. The van der Waals surface area contributed by atoms with Gasteiger partial charge in [0.2, 0.25) is 0 Å². The van der Waals surface area contributed by atoms with Crippen LogP contribution in [0.1, 0.15) is 46.8 Å². The highest BCUT2D eigenvalue weighted by Gasteiger charge is 2.43. The van der Waals surface area contributed by atoms with Gasteiger partial charge >= 0.3 is 5.97 Å². The van der Waals surface area contributed by atoms with Crippen LogP contribution in [0.5, 0.6) is 11.5 Å². The number of allylic oxidation sites excluding steroid dienone is 2. The quantitative estimate of drug-likeness (QED) is 0.386. The largest absolute Gasteiger partial charge is 0.490 e. The molecule has 6 nitrogen and oxygen atoms in total. The van der Waals surface area contributed by atoms with Crippen molar-refractivity contribution in [3.63, 3.8) is 0 Å². The highest BCUT2D eigenvalue weighted by molar-refractivity contribution is 6.32. The number of methoxy groups -OCH3 is 1. The van der Waals surface area contributed by atoms with Crippen LogP contribution in [0.15, 0.2) is 83.6 Å². The first-order chi connectivity index (χ1) is 17.9. The maximum Gasteiger partial charge on any atom is 0.336 e. The van der Waals surface area contributed by atoms with Gasteiger partial charge in [0.25, 0.3) is 0 Å². The first kappa shape index (κ1) is 24.7. The molecular weight excluding hydrogens is 490 g/mol. The predicted molar refractivity (Wildman–Crippen MR) is 142 cm³/mol. The molecule has 0 spiro atoms. The van der Waals surface area contributed by atoms with Crippen LogP contribution in [0.4, 0.5) is 0 Å². The van der Waals surface area contributed by atoms with Gasteiger partial charge in [-0.15, -0.1) is 0 Å². The van der Waals surface area contributed by atoms with Crippen LogP contribution in [0, 0.1) is 0 Å². The van der Waals surface area contributed by atoms with Crippen LogP contribution in [0.2, 0.25) is 5.02 Å². The number of carbonyl (C=O) groups is 2. The number of ether oxygens (including phenoxy) is 3. The molecule has 0 saturated heterocycles. The average molecular weight is 516 g/mol. The van der Waals surface area contributed by atoms with E-state index in [1.54, 1.807) is 25.1 Å². The van der Waals surface area contributed by atoms with Crippen molar-refractivity contribution < 1.29 is 23.8 Å². The molecule has 1 aliphatic heterocycles. The molecule has 5 rings (SSSR count). The van der Waals surface area contributed by atoms with Gasteiger partial charge in [-0.1, -0.05) is 66.2 Å². The summed E-state index contributed by atoms with van der Waals surface area (Å²) in [5.41, 5.74) is 5.13. The molecule has 1 aliphatic carbocycles. The zero-order valence-electron chi connectivity index (χ0n) is 20.8. The van der Waals surface area contributed by atoms with Crippen molar-refractivity contribution >= 4 is 29.1 Å². The van der Waals surface area contributed by atoms with Gasteiger partial charge in [-0.05, 0) is 37.1 Å². The normalized spacial score (nSPS) is 16.2. The van der Waals surface area contributed by atoms with Gasteiger partial charge in [0.15, 0.2) is 17.3 Å². The zero-order valence-corrected chi connectivity index (χ0v) is 21.5. The monoisotopic (exact) mass is 515 g/mol. The number of Topliss-reactive ketones (excluding diaryl/α,β-unsaturated/α-hetero) is 1. The molecule has 2 aliphatic rings. The van der Waals surface area contributed by atoms with Gasteiger partial charge in [-0.25, -0.2) is 4.79 Å². The molecule has 1 heterocycles. The smallest absolute Gasteiger partial charge is 0.336 e. The number of hydrogen-bond donors (Lipinski definition) is 1. The average Bonchev–Trinajstić information content (AvgIpc) is 3.19. The van der Waals surface area contributed by atoms with E-state index >= 15 is 0 Å². The minimum atomic E-state index is -0.705.